The molecule has 2 aromatic heterocycles. The van der Waals surface area contributed by atoms with E-state index < -0.39 is 11.6 Å². The minimum Gasteiger partial charge on any atom is -0.493 e. The molecule has 0 saturated carbocycles. The molecule has 1 N–H and O–H groups in total. The van der Waals surface area contributed by atoms with Crippen LogP contribution in [0.15, 0.2) is 72.8 Å². The van der Waals surface area contributed by atoms with Gasteiger partial charge in [0.1, 0.15) is 17.2 Å². The van der Waals surface area contributed by atoms with Crippen molar-refractivity contribution in [2.24, 2.45) is 5.92 Å². The Morgan fingerprint density at radius 3 is 2.58 bits per heavy atom. The number of hydrogen-bond acceptors (Lipinski definition) is 11. The first kappa shape index (κ1) is 39.9. The smallest absolute Gasteiger partial charge is 0.358 e. The Morgan fingerprint density at radius 2 is 1.77 bits per heavy atom. The van der Waals surface area contributed by atoms with Gasteiger partial charge in [-0.3, -0.25) is 19.8 Å². The molecule has 0 bridgehead atoms. The summed E-state index contributed by atoms with van der Waals surface area (Å²) in [5.74, 6) is 1.03. The molecule has 12 heteroatoms. The molecular weight excluding hydrogens is 739 g/mol. The van der Waals surface area contributed by atoms with E-state index in [0.717, 1.165) is 70.6 Å². The highest BCUT2D eigenvalue weighted by molar-refractivity contribution is 7.22. The molecule has 2 aliphatic heterocycles. The number of hydrogen-bond donors (Lipinski definition) is 1. The number of aromatic nitrogens is 2. The van der Waals surface area contributed by atoms with Crippen LogP contribution in [0.3, 0.4) is 0 Å². The van der Waals surface area contributed by atoms with E-state index in [0.29, 0.717) is 67.3 Å². The van der Waals surface area contributed by atoms with Crippen LogP contribution < -0.4 is 15.0 Å². The molecule has 1 fully saturated rings. The van der Waals surface area contributed by atoms with Crippen LogP contribution in [0.1, 0.15) is 84.5 Å². The fourth-order valence-corrected chi connectivity index (χ4v) is 8.56. The molecular formula is C45H51N5O6S. The molecule has 3 aromatic carbocycles. The fourth-order valence-electron chi connectivity index (χ4n) is 7.70. The first-order chi connectivity index (χ1) is 27.5. The van der Waals surface area contributed by atoms with Gasteiger partial charge in [0.2, 0.25) is 0 Å². The van der Waals surface area contributed by atoms with Crippen molar-refractivity contribution in [2.45, 2.75) is 72.4 Å². The first-order valence-electron chi connectivity index (χ1n) is 19.8. The predicted octanol–water partition coefficient (Wildman–Crippen LogP) is 8.48. The molecule has 0 spiro atoms. The van der Waals surface area contributed by atoms with Gasteiger partial charge in [0.25, 0.3) is 5.91 Å². The maximum atomic E-state index is 13.9. The summed E-state index contributed by atoms with van der Waals surface area (Å²) < 4.78 is 18.4. The summed E-state index contributed by atoms with van der Waals surface area (Å²) in [4.78, 5) is 53.4. The van der Waals surface area contributed by atoms with Crippen LogP contribution in [0.2, 0.25) is 0 Å². The zero-order chi connectivity index (χ0) is 40.1. The van der Waals surface area contributed by atoms with Crippen LogP contribution in [-0.4, -0.2) is 77.7 Å². The lowest BCUT2D eigenvalue weighted by atomic mass is 9.94. The van der Waals surface area contributed by atoms with Crippen LogP contribution >= 0.6 is 11.3 Å². The number of anilines is 2. The number of para-hydroxylation sites is 1. The van der Waals surface area contributed by atoms with Gasteiger partial charge in [0.15, 0.2) is 10.8 Å². The number of ether oxygens (including phenoxy) is 3. The Morgan fingerprint density at radius 1 is 0.947 bits per heavy atom. The third-order valence-electron chi connectivity index (χ3n) is 10.4. The number of thiazole rings is 1. The van der Waals surface area contributed by atoms with E-state index in [4.69, 9.17) is 19.2 Å². The standard InChI is InChI=1S/C45H51N5O6S/c1-6-54-40(51)28-49-23-21-30(26-49)12-11-25-55-37-17-10-14-32(29(37)2)33-19-20-39(47-41(33)43(53)56-45(3,4)5)50-24-22-31-13-9-15-34(35(31)27-50)42(52)48-44-46-36-16-7-8-18-38(36)57-44/h7-10,13-20,30H,6,11-12,21-28H2,1-5H3,(H,46,48,52)/t30-/m1/s1. The van der Waals surface area contributed by atoms with Crippen molar-refractivity contribution in [1.29, 1.82) is 0 Å². The number of pyridine rings is 1. The van der Waals surface area contributed by atoms with Crippen molar-refractivity contribution < 1.29 is 28.6 Å². The third kappa shape index (κ3) is 9.62. The number of rotatable bonds is 13. The molecule has 5 aromatic rings. The second-order valence-electron chi connectivity index (χ2n) is 15.7. The lowest BCUT2D eigenvalue weighted by molar-refractivity contribution is -0.144. The quantitative estimate of drug-likeness (QED) is 0.0918. The van der Waals surface area contributed by atoms with Gasteiger partial charge in [-0.1, -0.05) is 47.7 Å². The van der Waals surface area contributed by atoms with Crippen LogP contribution in [0, 0.1) is 12.8 Å². The van der Waals surface area contributed by atoms with Gasteiger partial charge in [-0.25, -0.2) is 14.8 Å². The van der Waals surface area contributed by atoms with Gasteiger partial charge in [-0.05, 0) is 131 Å². The summed E-state index contributed by atoms with van der Waals surface area (Å²) in [5, 5.41) is 3.58. The fraction of sp³-hybridized carbons (Fsp3) is 0.400. The summed E-state index contributed by atoms with van der Waals surface area (Å²) in [7, 11) is 0. The van der Waals surface area contributed by atoms with E-state index in [9.17, 15) is 14.4 Å². The summed E-state index contributed by atoms with van der Waals surface area (Å²) in [6, 6.07) is 23.4. The minimum atomic E-state index is -0.725. The Labute approximate surface area is 338 Å². The third-order valence-corrected chi connectivity index (χ3v) is 11.4. The van der Waals surface area contributed by atoms with E-state index in [1.807, 2.05) is 101 Å². The van der Waals surface area contributed by atoms with Gasteiger partial charge in [-0.15, -0.1) is 0 Å². The molecule has 1 atom stereocenters. The molecule has 1 amide bonds. The summed E-state index contributed by atoms with van der Waals surface area (Å²) >= 11 is 1.45. The largest absolute Gasteiger partial charge is 0.493 e. The van der Waals surface area contributed by atoms with Gasteiger partial charge in [0, 0.05) is 30.8 Å². The number of carbonyl (C=O) groups excluding carboxylic acids is 3. The summed E-state index contributed by atoms with van der Waals surface area (Å²) in [5.41, 5.74) is 5.39. The van der Waals surface area contributed by atoms with Crippen molar-refractivity contribution in [3.63, 3.8) is 0 Å². The van der Waals surface area contributed by atoms with E-state index in [2.05, 4.69) is 26.2 Å². The Kier molecular flexibility index (Phi) is 12.2. The summed E-state index contributed by atoms with van der Waals surface area (Å²) in [6.45, 7) is 13.6. The highest BCUT2D eigenvalue weighted by atomic mass is 32.1. The maximum Gasteiger partial charge on any atom is 0.358 e. The monoisotopic (exact) mass is 789 g/mol. The lowest BCUT2D eigenvalue weighted by Crippen LogP contribution is -2.33. The lowest BCUT2D eigenvalue weighted by Gasteiger charge is -2.31. The molecule has 0 aliphatic carbocycles. The Balaban J connectivity index is 1.07. The van der Waals surface area contributed by atoms with Crippen LogP contribution in [0.25, 0.3) is 21.3 Å². The Hall–Kier alpha value is -5.33. The predicted molar refractivity (Wildman–Crippen MR) is 224 cm³/mol. The van der Waals surface area contributed by atoms with Crippen molar-refractivity contribution in [3.8, 4) is 16.9 Å². The molecule has 57 heavy (non-hydrogen) atoms. The van der Waals surface area contributed by atoms with Crippen molar-refractivity contribution in [3.05, 3.63) is 101 Å². The molecule has 7 rings (SSSR count). The first-order valence-corrected chi connectivity index (χ1v) is 20.6. The van der Waals surface area contributed by atoms with E-state index in [1.54, 1.807) is 0 Å². The molecule has 2 aliphatic rings. The van der Waals surface area contributed by atoms with Crippen LogP contribution in [-0.2, 0) is 27.2 Å². The van der Waals surface area contributed by atoms with Crippen LogP contribution in [0.4, 0.5) is 10.9 Å². The topological polar surface area (TPSA) is 123 Å². The van der Waals surface area contributed by atoms with Crippen molar-refractivity contribution in [2.75, 3.05) is 49.6 Å². The zero-order valence-electron chi connectivity index (χ0n) is 33.4. The average molecular weight is 790 g/mol. The minimum absolute atomic E-state index is 0.161. The van der Waals surface area contributed by atoms with Gasteiger partial charge >= 0.3 is 11.9 Å². The second kappa shape index (κ2) is 17.4. The van der Waals surface area contributed by atoms with Crippen molar-refractivity contribution in [1.82, 2.24) is 14.9 Å². The van der Waals surface area contributed by atoms with Gasteiger partial charge in [-0.2, -0.15) is 0 Å². The van der Waals surface area contributed by atoms with E-state index in [1.165, 1.54) is 11.3 Å². The van der Waals surface area contributed by atoms with Crippen LogP contribution in [0.5, 0.6) is 5.75 Å². The highest BCUT2D eigenvalue weighted by Crippen LogP contribution is 2.35. The van der Waals surface area contributed by atoms with E-state index >= 15 is 0 Å². The van der Waals surface area contributed by atoms with Gasteiger partial charge < -0.3 is 19.1 Å². The molecule has 0 radical (unpaired) electrons. The molecule has 4 heterocycles. The SMILES string of the molecule is CCOC(=O)CN1CC[C@@H](CCCOc2cccc(-c3ccc(N4CCc5cccc(C(=O)Nc6nc7ccccc7s6)c5C4)nc3C(=O)OC(C)(C)C)c2C)C1. The number of carbonyl (C=O) groups is 3. The molecule has 298 valence electrons. The molecule has 0 unspecified atom stereocenters. The highest BCUT2D eigenvalue weighted by Gasteiger charge is 2.28. The average Bonchev–Trinajstić information content (AvgIpc) is 3.81. The number of nitrogens with zero attached hydrogens (tertiary/aromatic N) is 4. The molecule has 1 saturated heterocycles. The Bertz CT molecular complexity index is 2230. The maximum absolute atomic E-state index is 13.9. The zero-order valence-corrected chi connectivity index (χ0v) is 34.2. The number of nitrogens with one attached hydrogen (secondary N) is 1. The van der Waals surface area contributed by atoms with Crippen molar-refractivity contribution >= 4 is 50.3 Å². The normalized spacial score (nSPS) is 15.7. The number of amides is 1. The van der Waals surface area contributed by atoms with E-state index in [-0.39, 0.29) is 17.6 Å². The molecule has 11 nitrogen and oxygen atoms in total. The number of esters is 2. The summed E-state index contributed by atoms with van der Waals surface area (Å²) in [6.07, 6.45) is 3.69. The number of fused-ring (bicyclic) bond motifs is 2. The van der Waals surface area contributed by atoms with Gasteiger partial charge in [0.05, 0.1) is 30.0 Å². The number of benzene rings is 3. The second-order valence-corrected chi connectivity index (χ2v) is 16.8. The number of likely N-dealkylation sites (tertiary alicyclic amines) is 1.